The SMILES string of the molecule is COc1cc(C(=O)c2cnn(C)c2)cc(Cl)c1OC. The molecule has 5 nitrogen and oxygen atoms in total. The summed E-state index contributed by atoms with van der Waals surface area (Å²) in [4.78, 5) is 12.3. The first kappa shape index (κ1) is 13.4. The number of rotatable bonds is 4. The third-order valence-corrected chi connectivity index (χ3v) is 2.94. The summed E-state index contributed by atoms with van der Waals surface area (Å²) < 4.78 is 11.9. The minimum atomic E-state index is -0.170. The molecule has 0 atom stereocenters. The second-order valence-corrected chi connectivity index (χ2v) is 4.33. The molecule has 0 aliphatic rings. The van der Waals surface area contributed by atoms with Gasteiger partial charge in [0.2, 0.25) is 0 Å². The zero-order chi connectivity index (χ0) is 14.0. The van der Waals surface area contributed by atoms with Crippen molar-refractivity contribution in [3.8, 4) is 11.5 Å². The molecule has 100 valence electrons. The Morgan fingerprint density at radius 1 is 1.26 bits per heavy atom. The van der Waals surface area contributed by atoms with E-state index in [9.17, 15) is 4.79 Å². The highest BCUT2D eigenvalue weighted by Crippen LogP contribution is 2.36. The Kier molecular flexibility index (Phi) is 3.76. The third kappa shape index (κ3) is 2.56. The Labute approximate surface area is 115 Å². The predicted octanol–water partition coefficient (Wildman–Crippen LogP) is 2.32. The highest BCUT2D eigenvalue weighted by Gasteiger charge is 2.17. The van der Waals surface area contributed by atoms with E-state index in [1.165, 1.54) is 20.4 Å². The number of carbonyl (C=O) groups is 1. The van der Waals surface area contributed by atoms with E-state index < -0.39 is 0 Å². The number of nitrogens with zero attached hydrogens (tertiary/aromatic N) is 2. The molecule has 2 aromatic rings. The average Bonchev–Trinajstić information content (AvgIpc) is 2.83. The van der Waals surface area contributed by atoms with Gasteiger partial charge in [0.1, 0.15) is 0 Å². The molecule has 0 saturated carbocycles. The number of methoxy groups -OCH3 is 2. The Hall–Kier alpha value is -2.01. The summed E-state index contributed by atoms with van der Waals surface area (Å²) in [6.45, 7) is 0. The molecule has 19 heavy (non-hydrogen) atoms. The number of hydrogen-bond acceptors (Lipinski definition) is 4. The van der Waals surface area contributed by atoms with Gasteiger partial charge in [-0.25, -0.2) is 0 Å². The fourth-order valence-corrected chi connectivity index (χ4v) is 2.04. The maximum atomic E-state index is 12.3. The zero-order valence-corrected chi connectivity index (χ0v) is 11.6. The normalized spacial score (nSPS) is 10.3. The number of carbonyl (C=O) groups excluding carboxylic acids is 1. The van der Waals surface area contributed by atoms with Gasteiger partial charge in [0.05, 0.1) is 31.0 Å². The standard InChI is InChI=1S/C13H13ClN2O3/c1-16-7-9(6-15-16)12(17)8-4-10(14)13(19-3)11(5-8)18-2/h4-7H,1-3H3. The van der Waals surface area contributed by atoms with E-state index in [4.69, 9.17) is 21.1 Å². The highest BCUT2D eigenvalue weighted by molar-refractivity contribution is 6.33. The minimum Gasteiger partial charge on any atom is -0.493 e. The van der Waals surface area contributed by atoms with Crippen LogP contribution < -0.4 is 9.47 Å². The molecule has 1 aromatic heterocycles. The molecule has 0 radical (unpaired) electrons. The van der Waals surface area contributed by atoms with E-state index in [1.807, 2.05) is 0 Å². The van der Waals surface area contributed by atoms with Crippen molar-refractivity contribution in [2.45, 2.75) is 0 Å². The Balaban J connectivity index is 2.46. The molecule has 1 heterocycles. The second-order valence-electron chi connectivity index (χ2n) is 3.93. The summed E-state index contributed by atoms with van der Waals surface area (Å²) in [7, 11) is 4.73. The molecule has 2 rings (SSSR count). The molecular weight excluding hydrogens is 268 g/mol. The van der Waals surface area contributed by atoms with E-state index in [0.29, 0.717) is 27.6 Å². The molecule has 0 amide bonds. The number of aryl methyl sites for hydroxylation is 1. The summed E-state index contributed by atoms with van der Waals surface area (Å²) in [5.41, 5.74) is 0.918. The van der Waals surface area contributed by atoms with Crippen LogP contribution in [-0.2, 0) is 7.05 Å². The van der Waals surface area contributed by atoms with Crippen LogP contribution in [0.5, 0.6) is 11.5 Å². The fraction of sp³-hybridized carbons (Fsp3) is 0.231. The van der Waals surface area contributed by atoms with Crippen LogP contribution in [0.1, 0.15) is 15.9 Å². The molecule has 0 unspecified atom stereocenters. The average molecular weight is 281 g/mol. The number of ether oxygens (including phenoxy) is 2. The molecule has 0 spiro atoms. The molecule has 0 bridgehead atoms. The Bertz CT molecular complexity index is 622. The van der Waals surface area contributed by atoms with E-state index >= 15 is 0 Å². The van der Waals surface area contributed by atoms with Gasteiger partial charge < -0.3 is 9.47 Å². The van der Waals surface area contributed by atoms with Gasteiger partial charge in [0, 0.05) is 18.8 Å². The van der Waals surface area contributed by atoms with Crippen LogP contribution in [0.2, 0.25) is 5.02 Å². The van der Waals surface area contributed by atoms with Gasteiger partial charge >= 0.3 is 0 Å². The number of benzene rings is 1. The molecule has 1 aromatic carbocycles. The summed E-state index contributed by atoms with van der Waals surface area (Å²) in [5, 5.41) is 4.30. The molecule has 0 aliphatic heterocycles. The molecule has 0 aliphatic carbocycles. The quantitative estimate of drug-likeness (QED) is 0.807. The van der Waals surface area contributed by atoms with Crippen LogP contribution in [-0.4, -0.2) is 29.8 Å². The van der Waals surface area contributed by atoms with Crippen molar-refractivity contribution < 1.29 is 14.3 Å². The maximum Gasteiger partial charge on any atom is 0.196 e. The van der Waals surface area contributed by atoms with Crippen molar-refractivity contribution in [1.29, 1.82) is 0 Å². The van der Waals surface area contributed by atoms with E-state index in [2.05, 4.69) is 5.10 Å². The molecule has 0 N–H and O–H groups in total. The number of ketones is 1. The van der Waals surface area contributed by atoms with Crippen molar-refractivity contribution in [1.82, 2.24) is 9.78 Å². The van der Waals surface area contributed by atoms with Gasteiger partial charge in [-0.2, -0.15) is 5.10 Å². The summed E-state index contributed by atoms with van der Waals surface area (Å²) in [6.07, 6.45) is 3.15. The Morgan fingerprint density at radius 2 is 2.00 bits per heavy atom. The van der Waals surface area contributed by atoms with E-state index in [0.717, 1.165) is 0 Å². The zero-order valence-electron chi connectivity index (χ0n) is 10.8. The van der Waals surface area contributed by atoms with Crippen LogP contribution in [0.3, 0.4) is 0 Å². The summed E-state index contributed by atoms with van der Waals surface area (Å²) >= 11 is 6.07. The fourth-order valence-electron chi connectivity index (χ4n) is 1.75. The molecular formula is C13H13ClN2O3. The number of hydrogen-bond donors (Lipinski definition) is 0. The summed E-state index contributed by atoms with van der Waals surface area (Å²) in [5.74, 6) is 0.657. The van der Waals surface area contributed by atoms with Crippen molar-refractivity contribution in [3.05, 3.63) is 40.7 Å². The van der Waals surface area contributed by atoms with Crippen molar-refractivity contribution in [2.24, 2.45) is 7.05 Å². The van der Waals surface area contributed by atoms with Crippen molar-refractivity contribution in [3.63, 3.8) is 0 Å². The van der Waals surface area contributed by atoms with Gasteiger partial charge in [-0.3, -0.25) is 9.48 Å². The monoisotopic (exact) mass is 280 g/mol. The first-order chi connectivity index (χ1) is 9.06. The van der Waals surface area contributed by atoms with Crippen LogP contribution in [0.15, 0.2) is 24.5 Å². The lowest BCUT2D eigenvalue weighted by Crippen LogP contribution is -2.02. The lowest BCUT2D eigenvalue weighted by atomic mass is 10.1. The second kappa shape index (κ2) is 5.32. The predicted molar refractivity (Wildman–Crippen MR) is 71.2 cm³/mol. The topological polar surface area (TPSA) is 53.3 Å². The van der Waals surface area contributed by atoms with Gasteiger partial charge in [0.15, 0.2) is 17.3 Å². The summed E-state index contributed by atoms with van der Waals surface area (Å²) in [6, 6.07) is 3.15. The van der Waals surface area contributed by atoms with Gasteiger partial charge in [-0.1, -0.05) is 11.6 Å². The van der Waals surface area contributed by atoms with E-state index in [1.54, 1.807) is 30.1 Å². The lowest BCUT2D eigenvalue weighted by Gasteiger charge is -2.10. The first-order valence-corrected chi connectivity index (χ1v) is 5.89. The van der Waals surface area contributed by atoms with E-state index in [-0.39, 0.29) is 5.78 Å². The maximum absolute atomic E-state index is 12.3. The van der Waals surface area contributed by atoms with Crippen molar-refractivity contribution >= 4 is 17.4 Å². The van der Waals surface area contributed by atoms with Crippen LogP contribution in [0, 0.1) is 0 Å². The number of aromatic nitrogens is 2. The highest BCUT2D eigenvalue weighted by atomic mass is 35.5. The number of halogens is 1. The Morgan fingerprint density at radius 3 is 2.53 bits per heavy atom. The van der Waals surface area contributed by atoms with Crippen LogP contribution in [0.4, 0.5) is 0 Å². The van der Waals surface area contributed by atoms with Crippen LogP contribution in [0.25, 0.3) is 0 Å². The largest absolute Gasteiger partial charge is 0.493 e. The van der Waals surface area contributed by atoms with Gasteiger partial charge in [0.25, 0.3) is 0 Å². The van der Waals surface area contributed by atoms with Gasteiger partial charge in [-0.05, 0) is 12.1 Å². The molecule has 6 heteroatoms. The van der Waals surface area contributed by atoms with Gasteiger partial charge in [-0.15, -0.1) is 0 Å². The molecule has 0 fully saturated rings. The minimum absolute atomic E-state index is 0.170. The van der Waals surface area contributed by atoms with Crippen molar-refractivity contribution in [2.75, 3.05) is 14.2 Å². The smallest absolute Gasteiger partial charge is 0.196 e. The molecule has 0 saturated heterocycles. The van der Waals surface area contributed by atoms with Crippen LogP contribution >= 0.6 is 11.6 Å². The first-order valence-electron chi connectivity index (χ1n) is 5.51. The lowest BCUT2D eigenvalue weighted by molar-refractivity contribution is 0.103. The third-order valence-electron chi connectivity index (χ3n) is 2.66.